The van der Waals surface area contributed by atoms with Crippen LogP contribution in [0.1, 0.15) is 10.5 Å². The van der Waals surface area contributed by atoms with Gasteiger partial charge in [-0.25, -0.2) is 9.78 Å². The molecule has 0 aliphatic carbocycles. The molecule has 1 heterocycles. The Morgan fingerprint density at radius 2 is 2.54 bits per heavy atom. The lowest BCUT2D eigenvalue weighted by atomic mass is 10.3. The van der Waals surface area contributed by atoms with Crippen LogP contribution in [-0.2, 0) is 0 Å². The summed E-state index contributed by atoms with van der Waals surface area (Å²) >= 11 is 0. The number of aromatic carboxylic acids is 1. The first-order chi connectivity index (χ1) is 6.25. The van der Waals surface area contributed by atoms with Crippen LogP contribution in [0.3, 0.4) is 0 Å². The van der Waals surface area contributed by atoms with Gasteiger partial charge in [-0.2, -0.15) is 0 Å². The highest BCUT2D eigenvalue weighted by Crippen LogP contribution is 2.10. The van der Waals surface area contributed by atoms with Crippen LogP contribution >= 0.6 is 0 Å². The Kier molecular flexibility index (Phi) is 2.87. The molecule has 4 nitrogen and oxygen atoms in total. The lowest BCUT2D eigenvalue weighted by molar-refractivity contribution is 0.0691. The average Bonchev–Trinajstić information content (AvgIpc) is 2.15. The molecule has 66 valence electrons. The minimum absolute atomic E-state index is 0.0160. The van der Waals surface area contributed by atoms with Crippen molar-refractivity contribution < 1.29 is 9.90 Å². The molecule has 0 radical (unpaired) electrons. The number of rotatable bonds is 3. The second kappa shape index (κ2) is 4.12. The fourth-order valence-electron chi connectivity index (χ4n) is 0.865. The van der Waals surface area contributed by atoms with Gasteiger partial charge in [-0.05, 0) is 12.1 Å². The van der Waals surface area contributed by atoms with Crippen LogP contribution in [0.15, 0.2) is 18.3 Å². The van der Waals surface area contributed by atoms with Crippen molar-refractivity contribution in [1.29, 1.82) is 0 Å². The van der Waals surface area contributed by atoms with E-state index in [0.29, 0.717) is 5.69 Å². The Labute approximate surface area is 75.6 Å². The molecule has 0 saturated carbocycles. The molecule has 1 aromatic heterocycles. The molecule has 13 heavy (non-hydrogen) atoms. The number of anilines is 1. The highest BCUT2D eigenvalue weighted by Gasteiger charge is 2.09. The molecular weight excluding hydrogens is 168 g/mol. The van der Waals surface area contributed by atoms with Crippen LogP contribution in [0.5, 0.6) is 0 Å². The molecular formula is C9H8N2O2. The smallest absolute Gasteiger partial charge is 0.356 e. The molecule has 0 fully saturated rings. The first-order valence-corrected chi connectivity index (χ1v) is 3.61. The summed E-state index contributed by atoms with van der Waals surface area (Å²) in [7, 11) is 0. The van der Waals surface area contributed by atoms with Gasteiger partial charge in [0.25, 0.3) is 0 Å². The third-order valence-electron chi connectivity index (χ3n) is 1.39. The van der Waals surface area contributed by atoms with Gasteiger partial charge in [0.1, 0.15) is 0 Å². The summed E-state index contributed by atoms with van der Waals surface area (Å²) in [6.07, 6.45) is 6.44. The Morgan fingerprint density at radius 1 is 1.77 bits per heavy atom. The lowest BCUT2D eigenvalue weighted by Crippen LogP contribution is -2.08. The first kappa shape index (κ1) is 9.07. The van der Waals surface area contributed by atoms with Crippen molar-refractivity contribution in [2.75, 3.05) is 11.9 Å². The van der Waals surface area contributed by atoms with Crippen molar-refractivity contribution in [3.8, 4) is 12.3 Å². The van der Waals surface area contributed by atoms with E-state index in [1.54, 1.807) is 12.1 Å². The number of nitrogens with zero attached hydrogens (tertiary/aromatic N) is 1. The van der Waals surface area contributed by atoms with Crippen LogP contribution < -0.4 is 5.32 Å². The topological polar surface area (TPSA) is 62.2 Å². The molecule has 0 aliphatic rings. The molecule has 0 amide bonds. The lowest BCUT2D eigenvalue weighted by Gasteiger charge is -2.04. The predicted molar refractivity (Wildman–Crippen MR) is 48.5 cm³/mol. The molecule has 0 aliphatic heterocycles. The van der Waals surface area contributed by atoms with Gasteiger partial charge in [-0.1, -0.05) is 5.92 Å². The van der Waals surface area contributed by atoms with Gasteiger partial charge in [-0.15, -0.1) is 6.42 Å². The van der Waals surface area contributed by atoms with E-state index in [0.717, 1.165) is 0 Å². The fraction of sp³-hybridized carbons (Fsp3) is 0.111. The summed E-state index contributed by atoms with van der Waals surface area (Å²) in [5, 5.41) is 11.5. The zero-order valence-corrected chi connectivity index (χ0v) is 6.82. The summed E-state index contributed by atoms with van der Waals surface area (Å²) in [6, 6.07) is 3.26. The molecule has 0 unspecified atom stereocenters. The number of carbonyl (C=O) groups is 1. The highest BCUT2D eigenvalue weighted by atomic mass is 16.4. The van der Waals surface area contributed by atoms with Crippen molar-refractivity contribution in [2.24, 2.45) is 0 Å². The molecule has 1 rings (SSSR count). The van der Waals surface area contributed by atoms with Gasteiger partial charge in [0.2, 0.25) is 0 Å². The number of carboxylic acid groups (broad SMARTS) is 1. The average molecular weight is 176 g/mol. The van der Waals surface area contributed by atoms with Gasteiger partial charge < -0.3 is 10.4 Å². The van der Waals surface area contributed by atoms with Crippen molar-refractivity contribution in [3.63, 3.8) is 0 Å². The number of aromatic nitrogens is 1. The molecule has 1 aromatic rings. The van der Waals surface area contributed by atoms with E-state index in [1.807, 2.05) is 0 Å². The summed E-state index contributed by atoms with van der Waals surface area (Å²) in [6.45, 7) is 0.284. The molecule has 2 N–H and O–H groups in total. The third kappa shape index (κ3) is 2.20. The Hall–Kier alpha value is -2.02. The van der Waals surface area contributed by atoms with E-state index in [1.165, 1.54) is 6.20 Å². The minimum atomic E-state index is -1.07. The van der Waals surface area contributed by atoms with Crippen LogP contribution in [0, 0.1) is 12.3 Å². The van der Waals surface area contributed by atoms with Crippen LogP contribution in [0.25, 0.3) is 0 Å². The number of hydrogen-bond donors (Lipinski definition) is 2. The normalized spacial score (nSPS) is 8.85. The van der Waals surface area contributed by atoms with Gasteiger partial charge in [0.05, 0.1) is 12.2 Å². The van der Waals surface area contributed by atoms with E-state index < -0.39 is 5.97 Å². The summed E-state index contributed by atoms with van der Waals surface area (Å²) < 4.78 is 0. The van der Waals surface area contributed by atoms with Crippen molar-refractivity contribution in [2.45, 2.75) is 0 Å². The number of terminal acetylenes is 1. The molecule has 0 atom stereocenters. The largest absolute Gasteiger partial charge is 0.476 e. The van der Waals surface area contributed by atoms with E-state index >= 15 is 0 Å². The molecule has 0 aromatic carbocycles. The fourth-order valence-corrected chi connectivity index (χ4v) is 0.865. The zero-order valence-electron chi connectivity index (χ0n) is 6.82. The highest BCUT2D eigenvalue weighted by molar-refractivity contribution is 5.91. The second-order valence-corrected chi connectivity index (χ2v) is 2.26. The maximum absolute atomic E-state index is 10.6. The van der Waals surface area contributed by atoms with Gasteiger partial charge in [0.15, 0.2) is 5.69 Å². The SMILES string of the molecule is C#CCNc1cccnc1C(=O)O. The van der Waals surface area contributed by atoms with Crippen LogP contribution in [0.4, 0.5) is 5.69 Å². The summed E-state index contributed by atoms with van der Waals surface area (Å²) in [5.41, 5.74) is 0.422. The number of carboxylic acids is 1. The van der Waals surface area contributed by atoms with Gasteiger partial charge in [0, 0.05) is 6.20 Å². The molecule has 0 spiro atoms. The number of hydrogen-bond acceptors (Lipinski definition) is 3. The standard InChI is InChI=1S/C9H8N2O2/c1-2-5-10-7-4-3-6-11-8(7)9(12)13/h1,3-4,6,10H,5H2,(H,12,13). The van der Waals surface area contributed by atoms with Crippen LogP contribution in [-0.4, -0.2) is 22.6 Å². The molecule has 0 bridgehead atoms. The van der Waals surface area contributed by atoms with Gasteiger partial charge >= 0.3 is 5.97 Å². The van der Waals surface area contributed by atoms with Gasteiger partial charge in [-0.3, -0.25) is 0 Å². The van der Waals surface area contributed by atoms with E-state index in [4.69, 9.17) is 11.5 Å². The first-order valence-electron chi connectivity index (χ1n) is 3.61. The molecule has 0 saturated heterocycles. The van der Waals surface area contributed by atoms with Crippen molar-refractivity contribution in [1.82, 2.24) is 4.98 Å². The number of pyridine rings is 1. The van der Waals surface area contributed by atoms with E-state index in [2.05, 4.69) is 16.2 Å². The zero-order chi connectivity index (χ0) is 9.68. The quantitative estimate of drug-likeness (QED) is 0.669. The van der Waals surface area contributed by atoms with E-state index in [-0.39, 0.29) is 12.2 Å². The predicted octanol–water partition coefficient (Wildman–Crippen LogP) is 0.825. The monoisotopic (exact) mass is 176 g/mol. The second-order valence-electron chi connectivity index (χ2n) is 2.26. The minimum Gasteiger partial charge on any atom is -0.476 e. The maximum Gasteiger partial charge on any atom is 0.356 e. The Morgan fingerprint density at radius 3 is 3.15 bits per heavy atom. The summed E-state index contributed by atoms with van der Waals surface area (Å²) in [4.78, 5) is 14.3. The molecule has 4 heteroatoms. The Balaban J connectivity index is 2.92. The van der Waals surface area contributed by atoms with E-state index in [9.17, 15) is 4.79 Å². The van der Waals surface area contributed by atoms with Crippen LogP contribution in [0.2, 0.25) is 0 Å². The van der Waals surface area contributed by atoms with Crippen molar-refractivity contribution >= 4 is 11.7 Å². The Bertz CT molecular complexity index is 355. The summed E-state index contributed by atoms with van der Waals surface area (Å²) in [5.74, 6) is 1.28. The third-order valence-corrected chi connectivity index (χ3v) is 1.39. The van der Waals surface area contributed by atoms with Crippen molar-refractivity contribution in [3.05, 3.63) is 24.0 Å². The number of nitrogens with one attached hydrogen (secondary N) is 1. The maximum atomic E-state index is 10.6.